The van der Waals surface area contributed by atoms with Gasteiger partial charge in [0.25, 0.3) is 5.91 Å². The van der Waals surface area contributed by atoms with Crippen molar-refractivity contribution in [1.29, 1.82) is 0 Å². The number of hydrogen-bond donors (Lipinski definition) is 1. The lowest BCUT2D eigenvalue weighted by molar-refractivity contribution is 0.0809. The van der Waals surface area contributed by atoms with Crippen LogP contribution in [-0.2, 0) is 4.74 Å². The van der Waals surface area contributed by atoms with Crippen LogP contribution in [0.15, 0.2) is 24.4 Å². The second kappa shape index (κ2) is 8.17. The van der Waals surface area contributed by atoms with Gasteiger partial charge in [-0.1, -0.05) is 19.9 Å². The fraction of sp³-hybridized carbons (Fsp3) is 0.471. The first kappa shape index (κ1) is 17.6. The predicted octanol–water partition coefficient (Wildman–Crippen LogP) is 3.30. The third-order valence-corrected chi connectivity index (χ3v) is 4.69. The Kier molecular flexibility index (Phi) is 6.24. The highest BCUT2D eigenvalue weighted by atomic mass is 32.1. The minimum absolute atomic E-state index is 0.0118. The van der Waals surface area contributed by atoms with Crippen LogP contribution in [0.3, 0.4) is 0 Å². The Morgan fingerprint density at radius 1 is 1.39 bits per heavy atom. The van der Waals surface area contributed by atoms with Crippen molar-refractivity contribution in [2.75, 3.05) is 13.2 Å². The van der Waals surface area contributed by atoms with E-state index in [-0.39, 0.29) is 11.9 Å². The molecule has 0 saturated heterocycles. The molecule has 1 atom stereocenters. The van der Waals surface area contributed by atoms with E-state index < -0.39 is 0 Å². The van der Waals surface area contributed by atoms with Gasteiger partial charge in [-0.3, -0.25) is 9.78 Å². The zero-order valence-electron chi connectivity index (χ0n) is 14.0. The van der Waals surface area contributed by atoms with Crippen molar-refractivity contribution < 1.29 is 9.53 Å². The summed E-state index contributed by atoms with van der Waals surface area (Å²) in [5, 5.41) is 3.82. The molecule has 2 rings (SSSR count). The van der Waals surface area contributed by atoms with Crippen LogP contribution < -0.4 is 5.32 Å². The van der Waals surface area contributed by atoms with Gasteiger partial charge in [0.15, 0.2) is 0 Å². The highest BCUT2D eigenvalue weighted by Gasteiger charge is 2.21. The van der Waals surface area contributed by atoms with Gasteiger partial charge in [0.05, 0.1) is 24.0 Å². The molecule has 0 bridgehead atoms. The molecule has 2 aromatic rings. The largest absolute Gasteiger partial charge is 0.380 e. The first-order valence-corrected chi connectivity index (χ1v) is 8.62. The zero-order chi connectivity index (χ0) is 16.8. The Morgan fingerprint density at radius 3 is 2.78 bits per heavy atom. The first-order valence-electron chi connectivity index (χ1n) is 7.80. The van der Waals surface area contributed by atoms with E-state index in [0.717, 1.165) is 16.4 Å². The normalized spacial score (nSPS) is 12.4. The van der Waals surface area contributed by atoms with Gasteiger partial charge in [0.2, 0.25) is 0 Å². The van der Waals surface area contributed by atoms with E-state index in [4.69, 9.17) is 4.74 Å². The maximum Gasteiger partial charge on any atom is 0.263 e. The summed E-state index contributed by atoms with van der Waals surface area (Å²) < 4.78 is 5.46. The number of aryl methyl sites for hydroxylation is 1. The topological polar surface area (TPSA) is 64.1 Å². The standard InChI is InChI=1S/C17H23N3O2S/c1-5-22-10-14(11(2)3)20-16(21)15-12(4)19-17(23-15)13-8-6-7-9-18-13/h6-9,11,14H,5,10H2,1-4H3,(H,20,21)/t14-/m1/s1. The molecule has 0 aliphatic heterocycles. The third-order valence-electron chi connectivity index (χ3n) is 3.51. The molecule has 5 nitrogen and oxygen atoms in total. The maximum absolute atomic E-state index is 12.6. The van der Waals surface area contributed by atoms with Gasteiger partial charge in [-0.25, -0.2) is 4.98 Å². The van der Waals surface area contributed by atoms with E-state index in [2.05, 4.69) is 29.1 Å². The van der Waals surface area contributed by atoms with Crippen LogP contribution in [0.25, 0.3) is 10.7 Å². The second-order valence-electron chi connectivity index (χ2n) is 5.63. The molecule has 0 unspecified atom stereocenters. The van der Waals surface area contributed by atoms with Crippen molar-refractivity contribution in [3.63, 3.8) is 0 Å². The first-order chi connectivity index (χ1) is 11.0. The molecule has 23 heavy (non-hydrogen) atoms. The summed E-state index contributed by atoms with van der Waals surface area (Å²) in [6.07, 6.45) is 1.72. The third kappa shape index (κ3) is 4.59. The lowest BCUT2D eigenvalue weighted by Gasteiger charge is -2.21. The van der Waals surface area contributed by atoms with Gasteiger partial charge in [-0.2, -0.15) is 0 Å². The summed E-state index contributed by atoms with van der Waals surface area (Å²) in [7, 11) is 0. The molecular formula is C17H23N3O2S. The van der Waals surface area contributed by atoms with E-state index in [1.54, 1.807) is 6.20 Å². The number of amides is 1. The van der Waals surface area contributed by atoms with Gasteiger partial charge < -0.3 is 10.1 Å². The Hall–Kier alpha value is -1.79. The van der Waals surface area contributed by atoms with Crippen molar-refractivity contribution >= 4 is 17.2 Å². The second-order valence-corrected chi connectivity index (χ2v) is 6.63. The zero-order valence-corrected chi connectivity index (χ0v) is 14.8. The summed E-state index contributed by atoms with van der Waals surface area (Å²) in [4.78, 5) is 22.0. The average molecular weight is 333 g/mol. The summed E-state index contributed by atoms with van der Waals surface area (Å²) in [6.45, 7) is 9.11. The van der Waals surface area contributed by atoms with Crippen molar-refractivity contribution in [3.8, 4) is 10.7 Å². The Labute approximate surface area is 141 Å². The lowest BCUT2D eigenvalue weighted by atomic mass is 10.1. The van der Waals surface area contributed by atoms with Gasteiger partial charge in [-0.15, -0.1) is 11.3 Å². The van der Waals surface area contributed by atoms with Gasteiger partial charge >= 0.3 is 0 Å². The molecule has 0 saturated carbocycles. The van der Waals surface area contributed by atoms with E-state index in [9.17, 15) is 4.79 Å². The maximum atomic E-state index is 12.6. The minimum Gasteiger partial charge on any atom is -0.380 e. The van der Waals surface area contributed by atoms with Gasteiger partial charge in [-0.05, 0) is 31.9 Å². The van der Waals surface area contributed by atoms with Crippen LogP contribution >= 0.6 is 11.3 Å². The number of aromatic nitrogens is 2. The fourth-order valence-electron chi connectivity index (χ4n) is 2.09. The molecule has 0 aromatic carbocycles. The molecule has 124 valence electrons. The molecule has 1 amide bonds. The monoisotopic (exact) mass is 333 g/mol. The number of carbonyl (C=O) groups is 1. The number of carbonyl (C=O) groups excluding carboxylic acids is 1. The molecule has 0 aliphatic rings. The highest BCUT2D eigenvalue weighted by molar-refractivity contribution is 7.17. The number of thiazole rings is 1. The predicted molar refractivity (Wildman–Crippen MR) is 92.7 cm³/mol. The van der Waals surface area contributed by atoms with Crippen LogP contribution in [-0.4, -0.2) is 35.1 Å². The molecule has 0 radical (unpaired) electrons. The summed E-state index contributed by atoms with van der Waals surface area (Å²) in [5.74, 6) is 0.203. The van der Waals surface area contributed by atoms with Crippen molar-refractivity contribution in [1.82, 2.24) is 15.3 Å². The van der Waals surface area contributed by atoms with Crippen molar-refractivity contribution in [2.24, 2.45) is 5.92 Å². The molecule has 6 heteroatoms. The summed E-state index contributed by atoms with van der Waals surface area (Å²) in [5.41, 5.74) is 1.52. The fourth-order valence-corrected chi connectivity index (χ4v) is 3.03. The molecule has 2 aromatic heterocycles. The van der Waals surface area contributed by atoms with E-state index in [0.29, 0.717) is 24.0 Å². The number of rotatable bonds is 7. The van der Waals surface area contributed by atoms with Crippen LogP contribution in [0.1, 0.15) is 36.1 Å². The lowest BCUT2D eigenvalue weighted by Crippen LogP contribution is -2.41. The average Bonchev–Trinajstić information content (AvgIpc) is 2.94. The van der Waals surface area contributed by atoms with Gasteiger partial charge in [0.1, 0.15) is 9.88 Å². The van der Waals surface area contributed by atoms with E-state index in [1.807, 2.05) is 32.0 Å². The quantitative estimate of drug-likeness (QED) is 0.844. The number of ether oxygens (including phenoxy) is 1. The van der Waals surface area contributed by atoms with E-state index >= 15 is 0 Å². The smallest absolute Gasteiger partial charge is 0.263 e. The van der Waals surface area contributed by atoms with E-state index in [1.165, 1.54) is 11.3 Å². The van der Waals surface area contributed by atoms with Crippen LogP contribution in [0.5, 0.6) is 0 Å². The number of nitrogens with zero attached hydrogens (tertiary/aromatic N) is 2. The SMILES string of the molecule is CCOC[C@@H](NC(=O)c1sc(-c2ccccn2)nc1C)C(C)C. The molecule has 2 heterocycles. The number of hydrogen-bond acceptors (Lipinski definition) is 5. The van der Waals surface area contributed by atoms with Gasteiger partial charge in [0, 0.05) is 12.8 Å². The Bertz CT molecular complexity index is 641. The number of nitrogens with one attached hydrogen (secondary N) is 1. The highest BCUT2D eigenvalue weighted by Crippen LogP contribution is 2.26. The van der Waals surface area contributed by atoms with Crippen LogP contribution in [0.4, 0.5) is 0 Å². The molecule has 0 aliphatic carbocycles. The summed E-state index contributed by atoms with van der Waals surface area (Å²) in [6, 6.07) is 5.66. The van der Waals surface area contributed by atoms with Crippen molar-refractivity contribution in [3.05, 3.63) is 35.0 Å². The minimum atomic E-state index is -0.0967. The Morgan fingerprint density at radius 2 is 2.17 bits per heavy atom. The molecule has 0 fully saturated rings. The van der Waals surface area contributed by atoms with Crippen molar-refractivity contribution in [2.45, 2.75) is 33.7 Å². The molecule has 0 spiro atoms. The summed E-state index contributed by atoms with van der Waals surface area (Å²) >= 11 is 1.37. The Balaban J connectivity index is 2.14. The molecule has 1 N–H and O–H groups in total. The van der Waals surface area contributed by atoms with Crippen LogP contribution in [0, 0.1) is 12.8 Å². The molecular weight excluding hydrogens is 310 g/mol. The number of pyridine rings is 1. The van der Waals surface area contributed by atoms with Crippen LogP contribution in [0.2, 0.25) is 0 Å².